The normalized spacial score (nSPS) is 18.3. The summed E-state index contributed by atoms with van der Waals surface area (Å²) in [6.07, 6.45) is 6.76. The Morgan fingerprint density at radius 2 is 2.24 bits per heavy atom. The number of nitrogens with one attached hydrogen (secondary N) is 2. The first-order valence-electron chi connectivity index (χ1n) is 9.28. The van der Waals surface area contributed by atoms with E-state index in [0.29, 0.717) is 18.9 Å². The van der Waals surface area contributed by atoms with Crippen molar-refractivity contribution >= 4 is 23.2 Å². The summed E-state index contributed by atoms with van der Waals surface area (Å²) in [6, 6.07) is 0. The van der Waals surface area contributed by atoms with Crippen molar-refractivity contribution in [2.75, 3.05) is 33.2 Å². The third-order valence-electron chi connectivity index (χ3n) is 4.45. The van der Waals surface area contributed by atoms with Crippen LogP contribution in [0.3, 0.4) is 0 Å². The standard InChI is InChI=1S/C18H31N5OS/c1-4-15-12-22-16(25-15)7-9-20-18(19-3)21-10-8-17(24)23-11-5-6-14(2)13-23/h12,14H,4-11,13H2,1-3H3,(H2,19,20,21). The number of guanidine groups is 1. The molecule has 2 N–H and O–H groups in total. The molecule has 1 aliphatic rings. The Balaban J connectivity index is 1.63. The van der Waals surface area contributed by atoms with Gasteiger partial charge >= 0.3 is 0 Å². The van der Waals surface area contributed by atoms with Gasteiger partial charge in [-0.25, -0.2) is 4.98 Å². The molecule has 6 nitrogen and oxygen atoms in total. The first-order chi connectivity index (χ1) is 12.1. The Morgan fingerprint density at radius 3 is 2.92 bits per heavy atom. The van der Waals surface area contributed by atoms with E-state index in [-0.39, 0.29) is 5.91 Å². The second kappa shape index (κ2) is 10.4. The first kappa shape index (κ1) is 19.7. The zero-order valence-electron chi connectivity index (χ0n) is 15.7. The molecule has 2 heterocycles. The molecule has 0 spiro atoms. The third-order valence-corrected chi connectivity index (χ3v) is 5.65. The van der Waals surface area contributed by atoms with Crippen molar-refractivity contribution in [3.63, 3.8) is 0 Å². The van der Waals surface area contributed by atoms with Crippen molar-refractivity contribution < 1.29 is 4.79 Å². The molecule has 1 aromatic heterocycles. The Morgan fingerprint density at radius 1 is 1.44 bits per heavy atom. The molecule has 2 rings (SSSR count). The van der Waals surface area contributed by atoms with Crippen molar-refractivity contribution in [2.24, 2.45) is 10.9 Å². The van der Waals surface area contributed by atoms with Crippen molar-refractivity contribution in [2.45, 2.75) is 46.0 Å². The van der Waals surface area contributed by atoms with Gasteiger partial charge in [-0.05, 0) is 25.2 Å². The Bertz CT molecular complexity index is 572. The monoisotopic (exact) mass is 365 g/mol. The van der Waals surface area contributed by atoms with E-state index in [1.807, 2.05) is 11.1 Å². The molecule has 1 amide bonds. The minimum absolute atomic E-state index is 0.240. The van der Waals surface area contributed by atoms with Crippen molar-refractivity contribution in [3.05, 3.63) is 16.1 Å². The van der Waals surface area contributed by atoms with Crippen LogP contribution in [-0.2, 0) is 17.6 Å². The molecule has 0 bridgehead atoms. The molecule has 1 fully saturated rings. The highest BCUT2D eigenvalue weighted by Crippen LogP contribution is 2.16. The number of aryl methyl sites for hydroxylation is 1. The summed E-state index contributed by atoms with van der Waals surface area (Å²) in [5.74, 6) is 1.61. The van der Waals surface area contributed by atoms with Gasteiger partial charge in [-0.2, -0.15) is 0 Å². The average Bonchev–Trinajstić information content (AvgIpc) is 3.08. The van der Waals surface area contributed by atoms with Crippen molar-refractivity contribution in [3.8, 4) is 0 Å². The lowest BCUT2D eigenvalue weighted by atomic mass is 10.00. The molecule has 7 heteroatoms. The third kappa shape index (κ3) is 6.65. The van der Waals surface area contributed by atoms with E-state index in [9.17, 15) is 4.79 Å². The summed E-state index contributed by atoms with van der Waals surface area (Å²) >= 11 is 1.77. The summed E-state index contributed by atoms with van der Waals surface area (Å²) in [4.78, 5) is 24.2. The van der Waals surface area contributed by atoms with Gasteiger partial charge in [-0.1, -0.05) is 13.8 Å². The quantitative estimate of drug-likeness (QED) is 0.573. The van der Waals surface area contributed by atoms with E-state index in [4.69, 9.17) is 0 Å². The lowest BCUT2D eigenvalue weighted by Gasteiger charge is -2.31. The molecule has 1 aromatic rings. The summed E-state index contributed by atoms with van der Waals surface area (Å²) in [6.45, 7) is 7.57. The summed E-state index contributed by atoms with van der Waals surface area (Å²) in [5.41, 5.74) is 0. The number of carbonyl (C=O) groups excluding carboxylic acids is 1. The van der Waals surface area contributed by atoms with E-state index in [0.717, 1.165) is 49.9 Å². The van der Waals surface area contributed by atoms with Gasteiger partial charge in [0.2, 0.25) is 5.91 Å². The molecule has 25 heavy (non-hydrogen) atoms. The number of carbonyl (C=O) groups is 1. The predicted octanol–water partition coefficient (Wildman–Crippen LogP) is 2.06. The van der Waals surface area contributed by atoms with Crippen LogP contribution in [0.1, 0.15) is 43.0 Å². The SMILES string of the molecule is CCc1cnc(CCNC(=NC)NCCC(=O)N2CCCC(C)C2)s1. The Labute approximate surface area is 155 Å². The number of aromatic nitrogens is 1. The van der Waals surface area contributed by atoms with Gasteiger partial charge in [0, 0.05) is 57.1 Å². The smallest absolute Gasteiger partial charge is 0.224 e. The summed E-state index contributed by atoms with van der Waals surface area (Å²) in [7, 11) is 1.75. The molecular formula is C18H31N5OS. The molecule has 0 aliphatic carbocycles. The Kier molecular flexibility index (Phi) is 8.18. The van der Waals surface area contributed by atoms with E-state index in [1.165, 1.54) is 11.3 Å². The van der Waals surface area contributed by atoms with Gasteiger partial charge in [-0.3, -0.25) is 9.79 Å². The van der Waals surface area contributed by atoms with Gasteiger partial charge < -0.3 is 15.5 Å². The number of hydrogen-bond acceptors (Lipinski definition) is 4. The van der Waals surface area contributed by atoms with Crippen LogP contribution in [0.5, 0.6) is 0 Å². The maximum Gasteiger partial charge on any atom is 0.224 e. The van der Waals surface area contributed by atoms with Crippen LogP contribution in [0.25, 0.3) is 0 Å². The van der Waals surface area contributed by atoms with E-state index < -0.39 is 0 Å². The number of hydrogen-bond donors (Lipinski definition) is 2. The fourth-order valence-electron chi connectivity index (χ4n) is 3.00. The van der Waals surface area contributed by atoms with Crippen molar-refractivity contribution in [1.29, 1.82) is 0 Å². The fraction of sp³-hybridized carbons (Fsp3) is 0.722. The van der Waals surface area contributed by atoms with E-state index in [2.05, 4.69) is 34.5 Å². The minimum atomic E-state index is 0.240. The number of likely N-dealkylation sites (tertiary alicyclic amines) is 1. The first-order valence-corrected chi connectivity index (χ1v) is 10.1. The lowest BCUT2D eigenvalue weighted by molar-refractivity contribution is -0.132. The Hall–Kier alpha value is -1.63. The molecule has 1 unspecified atom stereocenters. The van der Waals surface area contributed by atoms with Crippen molar-refractivity contribution in [1.82, 2.24) is 20.5 Å². The van der Waals surface area contributed by atoms with Gasteiger partial charge in [0.25, 0.3) is 0 Å². The lowest BCUT2D eigenvalue weighted by Crippen LogP contribution is -2.42. The van der Waals surface area contributed by atoms with E-state index in [1.54, 1.807) is 18.4 Å². The van der Waals surface area contributed by atoms with Crippen LogP contribution < -0.4 is 10.6 Å². The van der Waals surface area contributed by atoms with Crippen LogP contribution in [0.15, 0.2) is 11.2 Å². The van der Waals surface area contributed by atoms with Crippen LogP contribution in [0, 0.1) is 5.92 Å². The molecule has 0 saturated carbocycles. The van der Waals surface area contributed by atoms with Gasteiger partial charge in [0.15, 0.2) is 5.96 Å². The number of aliphatic imine (C=N–C) groups is 1. The average molecular weight is 366 g/mol. The van der Waals surface area contributed by atoms with Crippen LogP contribution in [-0.4, -0.2) is 55.0 Å². The highest BCUT2D eigenvalue weighted by Gasteiger charge is 2.20. The predicted molar refractivity (Wildman–Crippen MR) is 104 cm³/mol. The second-order valence-corrected chi connectivity index (χ2v) is 7.79. The van der Waals surface area contributed by atoms with Crippen LogP contribution in [0.2, 0.25) is 0 Å². The number of amides is 1. The van der Waals surface area contributed by atoms with E-state index >= 15 is 0 Å². The van der Waals surface area contributed by atoms with Crippen LogP contribution >= 0.6 is 11.3 Å². The molecule has 1 saturated heterocycles. The number of nitrogens with zero attached hydrogens (tertiary/aromatic N) is 3. The summed E-state index contributed by atoms with van der Waals surface area (Å²) in [5, 5.41) is 7.66. The maximum absolute atomic E-state index is 12.3. The summed E-state index contributed by atoms with van der Waals surface area (Å²) < 4.78 is 0. The zero-order valence-corrected chi connectivity index (χ0v) is 16.5. The molecule has 1 aliphatic heterocycles. The largest absolute Gasteiger partial charge is 0.356 e. The van der Waals surface area contributed by atoms with Gasteiger partial charge in [0.05, 0.1) is 5.01 Å². The van der Waals surface area contributed by atoms with Crippen LogP contribution in [0.4, 0.5) is 0 Å². The number of piperidine rings is 1. The highest BCUT2D eigenvalue weighted by atomic mass is 32.1. The number of thiazole rings is 1. The fourth-order valence-corrected chi connectivity index (χ4v) is 3.86. The maximum atomic E-state index is 12.3. The second-order valence-electron chi connectivity index (χ2n) is 6.59. The van der Waals surface area contributed by atoms with Gasteiger partial charge in [0.1, 0.15) is 0 Å². The van der Waals surface area contributed by atoms with Gasteiger partial charge in [-0.15, -0.1) is 11.3 Å². The minimum Gasteiger partial charge on any atom is -0.356 e. The zero-order chi connectivity index (χ0) is 18.1. The molecule has 140 valence electrons. The highest BCUT2D eigenvalue weighted by molar-refractivity contribution is 7.11. The number of rotatable bonds is 7. The molecule has 0 radical (unpaired) electrons. The molecular weight excluding hydrogens is 334 g/mol. The topological polar surface area (TPSA) is 69.6 Å². The molecule has 0 aromatic carbocycles. The molecule has 1 atom stereocenters.